The molecule has 0 saturated heterocycles. The quantitative estimate of drug-likeness (QED) is 0.278. The normalized spacial score (nSPS) is 37.8. The van der Waals surface area contributed by atoms with Crippen LogP contribution in [0.25, 0.3) is 0 Å². The largest absolute Gasteiger partial charge is 0.374 e. The minimum Gasteiger partial charge on any atom is -0.374 e. The van der Waals surface area contributed by atoms with E-state index in [0.717, 1.165) is 25.8 Å². The van der Waals surface area contributed by atoms with E-state index >= 15 is 0 Å². The maximum absolute atomic E-state index is 10.9. The second-order valence-electron chi connectivity index (χ2n) is 11.0. The zero-order chi connectivity index (χ0) is 21.8. The number of nitrogens with zero attached hydrogens (tertiary/aromatic N) is 2. The zero-order valence-corrected chi connectivity index (χ0v) is 21.2. The number of hydrogen-bond donors (Lipinski definition) is 2. The van der Waals surface area contributed by atoms with Crippen molar-refractivity contribution in [1.82, 2.24) is 15.1 Å². The molecule has 9 heteroatoms. The number of hydrogen-bond acceptors (Lipinski definition) is 5. The summed E-state index contributed by atoms with van der Waals surface area (Å²) in [7, 11) is -3.92. The molecule has 2 unspecified atom stereocenters. The van der Waals surface area contributed by atoms with Crippen LogP contribution >= 0.6 is 22.6 Å². The van der Waals surface area contributed by atoms with Gasteiger partial charge in [-0.2, -0.15) is 13.5 Å². The maximum Gasteiger partial charge on any atom is 0.266 e. The predicted octanol–water partition coefficient (Wildman–Crippen LogP) is 3.41. The van der Waals surface area contributed by atoms with E-state index in [4.69, 9.17) is 9.29 Å². The molecule has 5 rings (SSSR count). The van der Waals surface area contributed by atoms with Crippen molar-refractivity contribution in [3.8, 4) is 0 Å². The first-order chi connectivity index (χ1) is 13.8. The fourth-order valence-electron chi connectivity index (χ4n) is 7.72. The van der Waals surface area contributed by atoms with Crippen molar-refractivity contribution in [3.63, 3.8) is 0 Å². The van der Waals surface area contributed by atoms with Crippen molar-refractivity contribution in [2.75, 3.05) is 25.4 Å². The lowest BCUT2D eigenvalue weighted by Gasteiger charge is -2.69. The summed E-state index contributed by atoms with van der Waals surface area (Å²) in [6, 6.07) is 0. The van der Waals surface area contributed by atoms with Gasteiger partial charge in [-0.25, -0.2) is 0 Å². The summed E-state index contributed by atoms with van der Waals surface area (Å²) in [5.74, 6) is -0.264. The Morgan fingerprint density at radius 1 is 1.17 bits per heavy atom. The van der Waals surface area contributed by atoms with Gasteiger partial charge < -0.3 is 10.1 Å². The van der Waals surface area contributed by atoms with Crippen molar-refractivity contribution >= 4 is 32.7 Å². The average molecular weight is 551 g/mol. The molecule has 1 heterocycles. The van der Waals surface area contributed by atoms with Crippen LogP contribution in [0, 0.1) is 26.7 Å². The first-order valence-electron chi connectivity index (χ1n) is 10.8. The van der Waals surface area contributed by atoms with Crippen molar-refractivity contribution in [1.29, 1.82) is 0 Å². The average Bonchev–Trinajstić information content (AvgIpc) is 2.85. The van der Waals surface area contributed by atoms with Crippen LogP contribution in [0.3, 0.4) is 0 Å². The Labute approximate surface area is 193 Å². The molecule has 2 atom stereocenters. The summed E-state index contributed by atoms with van der Waals surface area (Å²) < 4.78 is 40.6. The first-order valence-corrected chi connectivity index (χ1v) is 13.5. The lowest BCUT2D eigenvalue weighted by atomic mass is 9.39. The Hall–Kier alpha value is -0.230. The molecule has 0 radical (unpaired) electrons. The number of ether oxygens (including phenoxy) is 1. The molecule has 1 aromatic rings. The van der Waals surface area contributed by atoms with Crippen LogP contribution in [0.15, 0.2) is 6.20 Å². The van der Waals surface area contributed by atoms with E-state index in [1.54, 1.807) is 0 Å². The smallest absolute Gasteiger partial charge is 0.266 e. The summed E-state index contributed by atoms with van der Waals surface area (Å²) in [6.07, 6.45) is 9.01. The van der Waals surface area contributed by atoms with Crippen LogP contribution in [0.5, 0.6) is 0 Å². The summed E-state index contributed by atoms with van der Waals surface area (Å²) in [6.45, 7) is 9.40. The molecule has 4 aliphatic carbocycles. The molecule has 0 aliphatic heterocycles. The molecule has 4 fully saturated rings. The molecule has 1 aromatic heterocycles. The SMILES string of the molecule is Cc1c(I)cnn1CC12CC3(C)CC(C)(C1)CC(OCCNCCS(=O)(=O)O)(C3)C2. The molecule has 0 amide bonds. The van der Waals surface area contributed by atoms with Gasteiger partial charge >= 0.3 is 0 Å². The number of aromatic nitrogens is 2. The van der Waals surface area contributed by atoms with Crippen LogP contribution in [-0.4, -0.2) is 53.8 Å². The monoisotopic (exact) mass is 551 g/mol. The molecule has 170 valence electrons. The fraction of sp³-hybridized carbons (Fsp3) is 0.857. The highest BCUT2D eigenvalue weighted by Crippen LogP contribution is 2.72. The topological polar surface area (TPSA) is 93.5 Å². The van der Waals surface area contributed by atoms with Gasteiger partial charge in [0.15, 0.2) is 0 Å². The summed E-state index contributed by atoms with van der Waals surface area (Å²) in [4.78, 5) is 0. The Morgan fingerprint density at radius 3 is 2.40 bits per heavy atom. The summed E-state index contributed by atoms with van der Waals surface area (Å²) in [5, 5.41) is 7.74. The highest BCUT2D eigenvalue weighted by molar-refractivity contribution is 14.1. The van der Waals surface area contributed by atoms with Gasteiger partial charge in [-0.15, -0.1) is 0 Å². The Morgan fingerprint density at radius 2 is 1.83 bits per heavy atom. The van der Waals surface area contributed by atoms with Crippen molar-refractivity contribution < 1.29 is 17.7 Å². The van der Waals surface area contributed by atoms with Gasteiger partial charge in [-0.05, 0) is 84.3 Å². The number of nitrogens with one attached hydrogen (secondary N) is 1. The minimum absolute atomic E-state index is 0.100. The molecular formula is C21H34IN3O4S. The Kier molecular flexibility index (Phi) is 5.87. The maximum atomic E-state index is 10.9. The standard InChI is InChI=1S/C21H34IN3O4S/c1-16-17(22)8-24-25(16)15-20-10-18(2)9-19(3,11-20)13-21(12-18,14-20)29-6-4-23-5-7-30(26,27)28/h8,23H,4-7,9-15H2,1-3H3,(H,26,27,28). The van der Waals surface area contributed by atoms with E-state index in [2.05, 4.69) is 58.5 Å². The fourth-order valence-corrected chi connectivity index (χ4v) is 8.52. The van der Waals surface area contributed by atoms with Crippen molar-refractivity contribution in [3.05, 3.63) is 15.5 Å². The molecule has 2 N–H and O–H groups in total. The van der Waals surface area contributed by atoms with Crippen LogP contribution < -0.4 is 5.32 Å². The van der Waals surface area contributed by atoms with Crippen LogP contribution in [-0.2, 0) is 21.4 Å². The highest BCUT2D eigenvalue weighted by Gasteiger charge is 2.66. The third-order valence-corrected chi connectivity index (χ3v) is 9.18. The van der Waals surface area contributed by atoms with E-state index in [0.29, 0.717) is 24.0 Å². The first kappa shape index (κ1) is 22.9. The lowest BCUT2D eigenvalue weighted by molar-refractivity contribution is -0.247. The lowest BCUT2D eigenvalue weighted by Crippen LogP contribution is -2.64. The number of rotatable bonds is 9. The molecule has 4 aliphatic rings. The van der Waals surface area contributed by atoms with Gasteiger partial charge in [0.2, 0.25) is 0 Å². The van der Waals surface area contributed by atoms with Gasteiger partial charge in [0.05, 0.1) is 27.7 Å². The van der Waals surface area contributed by atoms with E-state index in [1.165, 1.54) is 28.5 Å². The van der Waals surface area contributed by atoms with Gasteiger partial charge in [-0.1, -0.05) is 13.8 Å². The Bertz CT molecular complexity index is 897. The van der Waals surface area contributed by atoms with Gasteiger partial charge in [0.25, 0.3) is 10.1 Å². The third-order valence-electron chi connectivity index (χ3n) is 7.40. The van der Waals surface area contributed by atoms with Gasteiger partial charge in [0, 0.05) is 25.3 Å². The van der Waals surface area contributed by atoms with E-state index < -0.39 is 10.1 Å². The van der Waals surface area contributed by atoms with Crippen molar-refractivity contribution in [2.24, 2.45) is 16.2 Å². The van der Waals surface area contributed by atoms with Crippen LogP contribution in [0.4, 0.5) is 0 Å². The van der Waals surface area contributed by atoms with Gasteiger partial charge in [-0.3, -0.25) is 9.23 Å². The molecule has 30 heavy (non-hydrogen) atoms. The molecular weight excluding hydrogens is 517 g/mol. The number of halogens is 1. The second-order valence-corrected chi connectivity index (χ2v) is 13.7. The van der Waals surface area contributed by atoms with E-state index in [-0.39, 0.29) is 23.3 Å². The molecule has 0 spiro atoms. The van der Waals surface area contributed by atoms with Gasteiger partial charge in [0.1, 0.15) is 0 Å². The Balaban J connectivity index is 1.46. The predicted molar refractivity (Wildman–Crippen MR) is 124 cm³/mol. The summed E-state index contributed by atoms with van der Waals surface area (Å²) >= 11 is 2.36. The minimum atomic E-state index is -3.92. The van der Waals surface area contributed by atoms with Crippen molar-refractivity contribution in [2.45, 2.75) is 71.4 Å². The second kappa shape index (κ2) is 7.67. The highest BCUT2D eigenvalue weighted by atomic mass is 127. The molecule has 0 aromatic carbocycles. The third kappa shape index (κ3) is 4.74. The zero-order valence-electron chi connectivity index (χ0n) is 18.2. The van der Waals surface area contributed by atoms with E-state index in [1.807, 2.05) is 6.20 Å². The van der Waals surface area contributed by atoms with Crippen LogP contribution in [0.1, 0.15) is 58.1 Å². The molecule has 7 nitrogen and oxygen atoms in total. The summed E-state index contributed by atoms with van der Waals surface area (Å²) in [5.41, 5.74) is 1.97. The molecule has 4 bridgehead atoms. The van der Waals surface area contributed by atoms with Crippen LogP contribution in [0.2, 0.25) is 0 Å². The molecule has 4 saturated carbocycles. The van der Waals surface area contributed by atoms with E-state index in [9.17, 15) is 8.42 Å².